The molecule has 0 bridgehead atoms. The van der Waals surface area contributed by atoms with Crippen molar-refractivity contribution in [3.05, 3.63) is 34.1 Å². The molecule has 0 unspecified atom stereocenters. The maximum Gasteiger partial charge on any atom is 0.137 e. The highest BCUT2D eigenvalue weighted by Crippen LogP contribution is 2.47. The molecule has 1 aliphatic rings. The summed E-state index contributed by atoms with van der Waals surface area (Å²) >= 11 is 3.18. The second kappa shape index (κ2) is 3.39. The minimum absolute atomic E-state index is 0.200. The summed E-state index contributed by atoms with van der Waals surface area (Å²) < 4.78 is 13.4. The highest BCUT2D eigenvalue weighted by Gasteiger charge is 2.36. The normalized spacial score (nSPS) is 26.1. The molecule has 3 heteroatoms. The Labute approximate surface area is 85.3 Å². The van der Waals surface area contributed by atoms with Gasteiger partial charge in [0.2, 0.25) is 0 Å². The zero-order valence-corrected chi connectivity index (χ0v) is 8.72. The molecule has 2 N–H and O–H groups in total. The van der Waals surface area contributed by atoms with Crippen molar-refractivity contribution in [3.63, 3.8) is 0 Å². The summed E-state index contributed by atoms with van der Waals surface area (Å²) in [6.07, 6.45) is 1.15. The van der Waals surface area contributed by atoms with E-state index in [9.17, 15) is 4.39 Å². The Bertz CT molecular complexity index is 327. The predicted octanol–water partition coefficient (Wildman–Crippen LogP) is 2.65. The van der Waals surface area contributed by atoms with Gasteiger partial charge in [-0.1, -0.05) is 6.07 Å². The van der Waals surface area contributed by atoms with Gasteiger partial charge in [0.25, 0.3) is 0 Å². The van der Waals surface area contributed by atoms with Crippen molar-refractivity contribution in [2.75, 3.05) is 6.54 Å². The van der Waals surface area contributed by atoms with Crippen molar-refractivity contribution >= 4 is 15.9 Å². The fourth-order valence-electron chi connectivity index (χ4n) is 1.66. The molecule has 70 valence electrons. The van der Waals surface area contributed by atoms with Gasteiger partial charge in [0.15, 0.2) is 0 Å². The lowest BCUT2D eigenvalue weighted by Crippen LogP contribution is -2.01. The van der Waals surface area contributed by atoms with E-state index >= 15 is 0 Å². The van der Waals surface area contributed by atoms with Crippen LogP contribution in [0, 0.1) is 11.7 Å². The highest BCUT2D eigenvalue weighted by molar-refractivity contribution is 9.10. The van der Waals surface area contributed by atoms with Gasteiger partial charge in [-0.2, -0.15) is 0 Å². The van der Waals surface area contributed by atoms with E-state index in [1.165, 1.54) is 11.6 Å². The zero-order chi connectivity index (χ0) is 9.42. The van der Waals surface area contributed by atoms with Crippen LogP contribution in [-0.2, 0) is 0 Å². The van der Waals surface area contributed by atoms with E-state index in [0.717, 1.165) is 13.0 Å². The van der Waals surface area contributed by atoms with Crippen molar-refractivity contribution < 1.29 is 4.39 Å². The first-order valence-corrected chi connectivity index (χ1v) is 5.16. The molecule has 0 heterocycles. The van der Waals surface area contributed by atoms with Crippen LogP contribution in [0.3, 0.4) is 0 Å². The number of hydrogen-bond donors (Lipinski definition) is 1. The van der Waals surface area contributed by atoms with Gasteiger partial charge in [0.05, 0.1) is 4.47 Å². The maximum absolute atomic E-state index is 12.9. The zero-order valence-electron chi connectivity index (χ0n) is 7.13. The van der Waals surface area contributed by atoms with E-state index in [-0.39, 0.29) is 5.82 Å². The Morgan fingerprint density at radius 1 is 1.54 bits per heavy atom. The van der Waals surface area contributed by atoms with Crippen LogP contribution in [0.4, 0.5) is 4.39 Å². The molecule has 1 aliphatic carbocycles. The molecular weight excluding hydrogens is 233 g/mol. The molecule has 2 atom stereocenters. The van der Waals surface area contributed by atoms with Gasteiger partial charge in [-0.15, -0.1) is 0 Å². The lowest BCUT2D eigenvalue weighted by Gasteiger charge is -2.00. The monoisotopic (exact) mass is 243 g/mol. The van der Waals surface area contributed by atoms with E-state index in [1.807, 2.05) is 12.1 Å². The summed E-state index contributed by atoms with van der Waals surface area (Å²) in [6, 6.07) is 5.21. The Morgan fingerprint density at radius 2 is 2.31 bits per heavy atom. The summed E-state index contributed by atoms with van der Waals surface area (Å²) in [4.78, 5) is 0. The summed E-state index contributed by atoms with van der Waals surface area (Å²) in [5, 5.41) is 0. The Balaban J connectivity index is 2.19. The topological polar surface area (TPSA) is 26.0 Å². The van der Waals surface area contributed by atoms with Gasteiger partial charge in [-0.25, -0.2) is 4.39 Å². The van der Waals surface area contributed by atoms with Crippen LogP contribution in [-0.4, -0.2) is 6.54 Å². The van der Waals surface area contributed by atoms with Crippen LogP contribution >= 0.6 is 15.9 Å². The number of nitrogens with two attached hydrogens (primary N) is 1. The molecule has 13 heavy (non-hydrogen) atoms. The van der Waals surface area contributed by atoms with Crippen molar-refractivity contribution in [1.82, 2.24) is 0 Å². The SMILES string of the molecule is NC[C@@H]1C[C@H]1c1ccc(F)c(Br)c1. The second-order valence-corrected chi connectivity index (χ2v) is 4.37. The number of benzene rings is 1. The van der Waals surface area contributed by atoms with Crippen LogP contribution in [0.25, 0.3) is 0 Å². The molecule has 1 nitrogen and oxygen atoms in total. The third kappa shape index (κ3) is 1.76. The number of halogens is 2. The Hall–Kier alpha value is -0.410. The summed E-state index contributed by atoms with van der Waals surface area (Å²) in [5.41, 5.74) is 6.74. The summed E-state index contributed by atoms with van der Waals surface area (Å²) in [7, 11) is 0. The molecule has 2 rings (SSSR count). The average molecular weight is 244 g/mol. The van der Waals surface area contributed by atoms with Crippen LogP contribution in [0.1, 0.15) is 17.9 Å². The van der Waals surface area contributed by atoms with Crippen molar-refractivity contribution in [2.24, 2.45) is 11.7 Å². The minimum atomic E-state index is -0.200. The smallest absolute Gasteiger partial charge is 0.137 e. The van der Waals surface area contributed by atoms with Crippen molar-refractivity contribution in [1.29, 1.82) is 0 Å². The fraction of sp³-hybridized carbons (Fsp3) is 0.400. The van der Waals surface area contributed by atoms with Gasteiger partial charge in [-0.3, -0.25) is 0 Å². The number of rotatable bonds is 2. The lowest BCUT2D eigenvalue weighted by molar-refractivity contribution is 0.620. The first-order valence-electron chi connectivity index (χ1n) is 4.37. The number of hydrogen-bond acceptors (Lipinski definition) is 1. The molecule has 0 aliphatic heterocycles. The third-order valence-corrected chi connectivity index (χ3v) is 3.20. The quantitative estimate of drug-likeness (QED) is 0.850. The Kier molecular flexibility index (Phi) is 2.39. The van der Waals surface area contributed by atoms with Gasteiger partial charge in [0, 0.05) is 0 Å². The first kappa shape index (κ1) is 9.16. The largest absolute Gasteiger partial charge is 0.330 e. The van der Waals surface area contributed by atoms with Crippen molar-refractivity contribution in [2.45, 2.75) is 12.3 Å². The van der Waals surface area contributed by atoms with Crippen LogP contribution < -0.4 is 5.73 Å². The molecule has 0 radical (unpaired) electrons. The molecule has 0 aromatic heterocycles. The molecule has 1 aromatic rings. The van der Waals surface area contributed by atoms with E-state index in [0.29, 0.717) is 16.3 Å². The van der Waals surface area contributed by atoms with Gasteiger partial charge in [-0.05, 0) is 58.4 Å². The van der Waals surface area contributed by atoms with E-state index < -0.39 is 0 Å². The van der Waals surface area contributed by atoms with Gasteiger partial charge in [0.1, 0.15) is 5.82 Å². The minimum Gasteiger partial charge on any atom is -0.330 e. The van der Waals surface area contributed by atoms with Crippen molar-refractivity contribution in [3.8, 4) is 0 Å². The molecule has 1 aromatic carbocycles. The van der Waals surface area contributed by atoms with E-state index in [2.05, 4.69) is 15.9 Å². The van der Waals surface area contributed by atoms with Crippen LogP contribution in [0.2, 0.25) is 0 Å². The van der Waals surface area contributed by atoms with E-state index in [1.54, 1.807) is 0 Å². The average Bonchev–Trinajstić information content (AvgIpc) is 2.88. The van der Waals surface area contributed by atoms with Gasteiger partial charge < -0.3 is 5.73 Å². The Morgan fingerprint density at radius 3 is 2.85 bits per heavy atom. The highest BCUT2D eigenvalue weighted by atomic mass is 79.9. The van der Waals surface area contributed by atoms with E-state index in [4.69, 9.17) is 5.73 Å². The van der Waals surface area contributed by atoms with Crippen LogP contribution in [0.15, 0.2) is 22.7 Å². The summed E-state index contributed by atoms with van der Waals surface area (Å²) in [6.45, 7) is 0.736. The molecule has 0 amide bonds. The molecule has 1 saturated carbocycles. The maximum atomic E-state index is 12.9. The fourth-order valence-corrected chi connectivity index (χ4v) is 2.06. The van der Waals surface area contributed by atoms with Crippen LogP contribution in [0.5, 0.6) is 0 Å². The second-order valence-electron chi connectivity index (χ2n) is 3.51. The molecule has 1 fully saturated rings. The standard InChI is InChI=1S/C10H11BrFN/c11-9-4-6(1-2-10(9)12)8-3-7(8)5-13/h1-2,4,7-8H,3,5,13H2/t7-,8-/m0/s1. The van der Waals surface area contributed by atoms with Gasteiger partial charge >= 0.3 is 0 Å². The predicted molar refractivity (Wildman–Crippen MR) is 54.0 cm³/mol. The summed E-state index contributed by atoms with van der Waals surface area (Å²) in [5.74, 6) is 0.966. The lowest BCUT2D eigenvalue weighted by atomic mass is 10.1. The first-order chi connectivity index (χ1) is 6.22. The third-order valence-electron chi connectivity index (χ3n) is 2.60. The molecular formula is C10H11BrFN. The molecule has 0 saturated heterocycles. The molecule has 0 spiro atoms.